The number of nitrogens with one attached hydrogen (secondary N) is 1. The fraction of sp³-hybridized carbons (Fsp3) is 0.348. The van der Waals surface area contributed by atoms with Gasteiger partial charge in [-0.2, -0.15) is 0 Å². The summed E-state index contributed by atoms with van der Waals surface area (Å²) < 4.78 is 7.43. The molecule has 0 saturated carbocycles. The SMILES string of the molecule is CCCCNC(=O)CC(c1ccc(OC)cc1)c1cn(C)c2ccccc12. The van der Waals surface area contributed by atoms with Crippen molar-refractivity contribution in [3.05, 3.63) is 65.9 Å². The number of ether oxygens (including phenoxy) is 1. The second kappa shape index (κ2) is 8.76. The predicted molar refractivity (Wildman–Crippen MR) is 110 cm³/mol. The van der Waals surface area contributed by atoms with Crippen LogP contribution in [0.1, 0.15) is 43.2 Å². The smallest absolute Gasteiger partial charge is 0.220 e. The number of fused-ring (bicyclic) bond motifs is 1. The maximum atomic E-state index is 12.6. The van der Waals surface area contributed by atoms with Gasteiger partial charge >= 0.3 is 0 Å². The van der Waals surface area contributed by atoms with Gasteiger partial charge in [0, 0.05) is 43.0 Å². The summed E-state index contributed by atoms with van der Waals surface area (Å²) in [7, 11) is 3.72. The minimum Gasteiger partial charge on any atom is -0.497 e. The highest BCUT2D eigenvalue weighted by atomic mass is 16.5. The van der Waals surface area contributed by atoms with Gasteiger partial charge in [-0.25, -0.2) is 0 Å². The van der Waals surface area contributed by atoms with Crippen LogP contribution in [0.25, 0.3) is 10.9 Å². The first-order valence-electron chi connectivity index (χ1n) is 9.58. The van der Waals surface area contributed by atoms with Gasteiger partial charge in [-0.3, -0.25) is 4.79 Å². The molecule has 1 amide bonds. The van der Waals surface area contributed by atoms with Crippen molar-refractivity contribution in [3.63, 3.8) is 0 Å². The largest absolute Gasteiger partial charge is 0.497 e. The van der Waals surface area contributed by atoms with Crippen molar-refractivity contribution in [3.8, 4) is 5.75 Å². The van der Waals surface area contributed by atoms with Gasteiger partial charge in [0.2, 0.25) is 5.91 Å². The van der Waals surface area contributed by atoms with Crippen LogP contribution < -0.4 is 10.1 Å². The number of aryl methyl sites for hydroxylation is 1. The van der Waals surface area contributed by atoms with Gasteiger partial charge in [0.1, 0.15) is 5.75 Å². The summed E-state index contributed by atoms with van der Waals surface area (Å²) in [5.41, 5.74) is 3.49. The highest BCUT2D eigenvalue weighted by Gasteiger charge is 2.22. The van der Waals surface area contributed by atoms with Crippen molar-refractivity contribution in [1.82, 2.24) is 9.88 Å². The minimum atomic E-state index is 0.00336. The Hall–Kier alpha value is -2.75. The molecule has 3 aromatic rings. The van der Waals surface area contributed by atoms with Crippen molar-refractivity contribution in [2.45, 2.75) is 32.1 Å². The van der Waals surface area contributed by atoms with Gasteiger partial charge in [-0.05, 0) is 35.7 Å². The zero-order valence-corrected chi connectivity index (χ0v) is 16.4. The zero-order chi connectivity index (χ0) is 19.2. The molecule has 0 fully saturated rings. The number of carbonyl (C=O) groups is 1. The van der Waals surface area contributed by atoms with Gasteiger partial charge in [0.15, 0.2) is 0 Å². The summed E-state index contributed by atoms with van der Waals surface area (Å²) in [4.78, 5) is 12.6. The molecule has 142 valence electrons. The number of unbranched alkanes of at least 4 members (excludes halogenated alkanes) is 1. The Balaban J connectivity index is 1.96. The van der Waals surface area contributed by atoms with E-state index in [4.69, 9.17) is 4.74 Å². The predicted octanol–water partition coefficient (Wildman–Crippen LogP) is 4.63. The molecule has 0 saturated heterocycles. The number of hydrogen-bond donors (Lipinski definition) is 1. The third-order valence-corrected chi connectivity index (χ3v) is 5.06. The highest BCUT2D eigenvalue weighted by Crippen LogP contribution is 2.35. The maximum Gasteiger partial charge on any atom is 0.220 e. The standard InChI is InChI=1S/C23H28N2O2/c1-4-5-14-24-23(26)15-20(17-10-12-18(27-3)13-11-17)21-16-25(2)22-9-7-6-8-19(21)22/h6-13,16,20H,4-5,14-15H2,1-3H3,(H,24,26). The molecule has 1 N–H and O–H groups in total. The number of hydrogen-bond acceptors (Lipinski definition) is 2. The molecule has 0 radical (unpaired) electrons. The summed E-state index contributed by atoms with van der Waals surface area (Å²) in [5.74, 6) is 0.920. The molecule has 0 spiro atoms. The normalized spacial score (nSPS) is 12.1. The third kappa shape index (κ3) is 4.33. The molecule has 4 nitrogen and oxygen atoms in total. The second-order valence-corrected chi connectivity index (χ2v) is 6.95. The van der Waals surface area contributed by atoms with Gasteiger partial charge in [0.25, 0.3) is 0 Å². The van der Waals surface area contributed by atoms with Crippen LogP contribution >= 0.6 is 0 Å². The van der Waals surface area contributed by atoms with E-state index in [0.717, 1.165) is 30.7 Å². The molecule has 1 atom stereocenters. The number of benzene rings is 2. The molecule has 0 aliphatic heterocycles. The average molecular weight is 364 g/mol. The van der Waals surface area contributed by atoms with Crippen molar-refractivity contribution in [1.29, 1.82) is 0 Å². The number of rotatable bonds is 8. The molecule has 27 heavy (non-hydrogen) atoms. The van der Waals surface area contributed by atoms with E-state index in [1.807, 2.05) is 18.2 Å². The van der Waals surface area contributed by atoms with Crippen LogP contribution in [0.3, 0.4) is 0 Å². The van der Waals surface area contributed by atoms with Gasteiger partial charge < -0.3 is 14.6 Å². The fourth-order valence-corrected chi connectivity index (χ4v) is 3.56. The molecule has 0 aliphatic rings. The monoisotopic (exact) mass is 364 g/mol. The first kappa shape index (κ1) is 19.0. The van der Waals surface area contributed by atoms with E-state index in [1.165, 1.54) is 16.5 Å². The average Bonchev–Trinajstić information content (AvgIpc) is 3.03. The zero-order valence-electron chi connectivity index (χ0n) is 16.4. The number of nitrogens with zero attached hydrogens (tertiary/aromatic N) is 1. The summed E-state index contributed by atoms with van der Waals surface area (Å²) in [5, 5.41) is 4.26. The van der Waals surface area contributed by atoms with E-state index >= 15 is 0 Å². The molecule has 0 bridgehead atoms. The third-order valence-electron chi connectivity index (χ3n) is 5.06. The molecule has 1 unspecified atom stereocenters. The van der Waals surface area contributed by atoms with E-state index in [1.54, 1.807) is 7.11 Å². The van der Waals surface area contributed by atoms with Crippen LogP contribution in [0.4, 0.5) is 0 Å². The summed E-state index contributed by atoms with van der Waals surface area (Å²) >= 11 is 0. The lowest BCUT2D eigenvalue weighted by Gasteiger charge is -2.18. The Labute approximate surface area is 161 Å². The van der Waals surface area contributed by atoms with Crippen LogP contribution in [-0.4, -0.2) is 24.1 Å². The van der Waals surface area contributed by atoms with Gasteiger partial charge in [-0.1, -0.05) is 43.7 Å². The topological polar surface area (TPSA) is 43.3 Å². The number of methoxy groups -OCH3 is 1. The lowest BCUT2D eigenvalue weighted by atomic mass is 9.88. The number of para-hydroxylation sites is 1. The van der Waals surface area contributed by atoms with Crippen LogP contribution in [0, 0.1) is 0 Å². The Kier molecular flexibility index (Phi) is 6.17. The number of carbonyl (C=O) groups excluding carboxylic acids is 1. The van der Waals surface area contributed by atoms with E-state index in [9.17, 15) is 4.79 Å². The Morgan fingerprint density at radius 2 is 1.89 bits per heavy atom. The molecular weight excluding hydrogens is 336 g/mol. The van der Waals surface area contributed by atoms with Crippen LogP contribution in [0.15, 0.2) is 54.7 Å². The molecule has 1 aromatic heterocycles. The summed E-state index contributed by atoms with van der Waals surface area (Å²) in [6, 6.07) is 16.4. The van der Waals surface area contributed by atoms with Crippen molar-refractivity contribution >= 4 is 16.8 Å². The maximum absolute atomic E-state index is 12.6. The van der Waals surface area contributed by atoms with Crippen molar-refractivity contribution in [2.24, 2.45) is 7.05 Å². The quantitative estimate of drug-likeness (QED) is 0.593. The second-order valence-electron chi connectivity index (χ2n) is 6.95. The number of amides is 1. The van der Waals surface area contributed by atoms with Crippen LogP contribution in [-0.2, 0) is 11.8 Å². The first-order chi connectivity index (χ1) is 13.1. The molecule has 4 heteroatoms. The molecule has 3 rings (SSSR count). The number of aromatic nitrogens is 1. The highest BCUT2D eigenvalue weighted by molar-refractivity contribution is 5.86. The van der Waals surface area contributed by atoms with E-state index in [0.29, 0.717) is 6.42 Å². The van der Waals surface area contributed by atoms with Crippen LogP contribution in [0.2, 0.25) is 0 Å². The Morgan fingerprint density at radius 3 is 2.59 bits per heavy atom. The van der Waals surface area contributed by atoms with E-state index < -0.39 is 0 Å². The van der Waals surface area contributed by atoms with Crippen molar-refractivity contribution < 1.29 is 9.53 Å². The molecular formula is C23H28N2O2. The summed E-state index contributed by atoms with van der Waals surface area (Å²) in [6.07, 6.45) is 4.67. The molecule has 1 heterocycles. The van der Waals surface area contributed by atoms with Crippen LogP contribution in [0.5, 0.6) is 5.75 Å². The van der Waals surface area contributed by atoms with E-state index in [-0.39, 0.29) is 11.8 Å². The van der Waals surface area contributed by atoms with E-state index in [2.05, 4.69) is 60.4 Å². The van der Waals surface area contributed by atoms with Crippen molar-refractivity contribution in [2.75, 3.05) is 13.7 Å². The van der Waals surface area contributed by atoms with Gasteiger partial charge in [0.05, 0.1) is 7.11 Å². The Bertz CT molecular complexity index is 896. The first-order valence-corrected chi connectivity index (χ1v) is 9.58. The minimum absolute atomic E-state index is 0.00336. The molecule has 2 aromatic carbocycles. The summed E-state index contributed by atoms with van der Waals surface area (Å²) in [6.45, 7) is 2.86. The Morgan fingerprint density at radius 1 is 1.15 bits per heavy atom. The molecule has 0 aliphatic carbocycles. The van der Waals surface area contributed by atoms with Gasteiger partial charge in [-0.15, -0.1) is 0 Å². The lowest BCUT2D eigenvalue weighted by Crippen LogP contribution is -2.26. The lowest BCUT2D eigenvalue weighted by molar-refractivity contribution is -0.121. The fourth-order valence-electron chi connectivity index (χ4n) is 3.56.